The normalized spacial score (nSPS) is 11.8. The van der Waals surface area contributed by atoms with Gasteiger partial charge in [0.2, 0.25) is 11.8 Å². The van der Waals surface area contributed by atoms with Crippen LogP contribution in [-0.2, 0) is 26.2 Å². The third-order valence-corrected chi connectivity index (χ3v) is 8.07. The molecule has 0 saturated carbocycles. The standard InChI is InChI=1S/C29H35N3O6S/c1-6-30-29(34)22(3)31(19-23-9-13-25(37-4)14-10-23)28(33)20-32(24-11-7-21(2)8-12-24)39(35,36)27-17-15-26(38-5)16-18-27/h7-18,22H,6,19-20H2,1-5H3,(H,30,34)/t22-/m1/s1. The fraction of sp³-hybridized carbons (Fsp3) is 0.310. The Bertz CT molecular complexity index is 1360. The molecule has 0 aliphatic heterocycles. The quantitative estimate of drug-likeness (QED) is 0.366. The predicted octanol–water partition coefficient (Wildman–Crippen LogP) is 3.76. The van der Waals surface area contributed by atoms with Crippen molar-refractivity contribution >= 4 is 27.5 Å². The van der Waals surface area contributed by atoms with Gasteiger partial charge >= 0.3 is 0 Å². The van der Waals surface area contributed by atoms with E-state index in [4.69, 9.17) is 9.47 Å². The van der Waals surface area contributed by atoms with E-state index < -0.39 is 28.5 Å². The number of nitrogens with zero attached hydrogens (tertiary/aromatic N) is 2. The average Bonchev–Trinajstić information content (AvgIpc) is 2.95. The molecule has 0 aliphatic carbocycles. The van der Waals surface area contributed by atoms with Gasteiger partial charge < -0.3 is 19.7 Å². The van der Waals surface area contributed by atoms with Crippen LogP contribution in [0.5, 0.6) is 11.5 Å². The summed E-state index contributed by atoms with van der Waals surface area (Å²) in [6, 6.07) is 19.1. The first kappa shape index (κ1) is 29.5. The van der Waals surface area contributed by atoms with Crippen LogP contribution >= 0.6 is 0 Å². The van der Waals surface area contributed by atoms with Gasteiger partial charge in [0.25, 0.3) is 10.0 Å². The lowest BCUT2D eigenvalue weighted by Gasteiger charge is -2.32. The molecule has 0 bridgehead atoms. The average molecular weight is 554 g/mol. The molecule has 0 spiro atoms. The number of anilines is 1. The molecule has 2 amide bonds. The molecule has 3 aromatic rings. The first-order valence-electron chi connectivity index (χ1n) is 12.5. The smallest absolute Gasteiger partial charge is 0.264 e. The van der Waals surface area contributed by atoms with Gasteiger partial charge in [0.05, 0.1) is 24.8 Å². The minimum absolute atomic E-state index is 0.00940. The number of methoxy groups -OCH3 is 2. The number of rotatable bonds is 12. The second kappa shape index (κ2) is 13.1. The van der Waals surface area contributed by atoms with E-state index in [1.807, 2.05) is 6.92 Å². The fourth-order valence-electron chi connectivity index (χ4n) is 3.95. The first-order chi connectivity index (χ1) is 18.6. The van der Waals surface area contributed by atoms with E-state index in [1.165, 1.54) is 24.1 Å². The Morgan fingerprint density at radius 3 is 1.92 bits per heavy atom. The minimum atomic E-state index is -4.15. The summed E-state index contributed by atoms with van der Waals surface area (Å²) in [5.41, 5.74) is 2.04. The van der Waals surface area contributed by atoms with Gasteiger partial charge in [-0.2, -0.15) is 0 Å². The largest absolute Gasteiger partial charge is 0.497 e. The summed E-state index contributed by atoms with van der Waals surface area (Å²) in [6.45, 7) is 5.31. The summed E-state index contributed by atoms with van der Waals surface area (Å²) >= 11 is 0. The summed E-state index contributed by atoms with van der Waals surface area (Å²) in [7, 11) is -1.09. The van der Waals surface area contributed by atoms with Crippen LogP contribution in [0.2, 0.25) is 0 Å². The Morgan fingerprint density at radius 1 is 0.872 bits per heavy atom. The van der Waals surface area contributed by atoms with Crippen molar-refractivity contribution in [1.29, 1.82) is 0 Å². The van der Waals surface area contributed by atoms with E-state index in [2.05, 4.69) is 5.32 Å². The molecule has 0 saturated heterocycles. The predicted molar refractivity (Wildman–Crippen MR) is 150 cm³/mol. The Labute approximate surface area is 230 Å². The summed E-state index contributed by atoms with van der Waals surface area (Å²) in [5.74, 6) is 0.305. The van der Waals surface area contributed by atoms with Gasteiger partial charge in [-0.25, -0.2) is 8.42 Å². The van der Waals surface area contributed by atoms with Crippen molar-refractivity contribution in [2.45, 2.75) is 38.3 Å². The highest BCUT2D eigenvalue weighted by Crippen LogP contribution is 2.26. The van der Waals surface area contributed by atoms with E-state index in [9.17, 15) is 18.0 Å². The topological polar surface area (TPSA) is 105 Å². The fourth-order valence-corrected chi connectivity index (χ4v) is 5.36. The van der Waals surface area contributed by atoms with Crippen LogP contribution < -0.4 is 19.1 Å². The van der Waals surface area contributed by atoms with E-state index in [0.717, 1.165) is 15.4 Å². The van der Waals surface area contributed by atoms with Crippen molar-refractivity contribution in [2.75, 3.05) is 31.6 Å². The molecule has 3 rings (SSSR count). The number of benzene rings is 3. The Morgan fingerprint density at radius 2 is 1.41 bits per heavy atom. The number of sulfonamides is 1. The van der Waals surface area contributed by atoms with E-state index in [0.29, 0.717) is 23.7 Å². The maximum absolute atomic E-state index is 13.8. The molecule has 0 aromatic heterocycles. The zero-order valence-corrected chi connectivity index (χ0v) is 23.7. The number of hydrogen-bond acceptors (Lipinski definition) is 6. The maximum Gasteiger partial charge on any atom is 0.264 e. The molecule has 1 atom stereocenters. The van der Waals surface area contributed by atoms with Crippen molar-refractivity contribution < 1.29 is 27.5 Å². The minimum Gasteiger partial charge on any atom is -0.497 e. The van der Waals surface area contributed by atoms with Gasteiger partial charge in [0, 0.05) is 13.1 Å². The van der Waals surface area contributed by atoms with Gasteiger partial charge in [-0.15, -0.1) is 0 Å². The molecular formula is C29H35N3O6S. The molecular weight excluding hydrogens is 518 g/mol. The molecule has 0 radical (unpaired) electrons. The first-order valence-corrected chi connectivity index (χ1v) is 14.0. The van der Waals surface area contributed by atoms with Crippen molar-refractivity contribution in [1.82, 2.24) is 10.2 Å². The molecule has 0 heterocycles. The second-order valence-corrected chi connectivity index (χ2v) is 10.8. The SMILES string of the molecule is CCNC(=O)[C@@H](C)N(Cc1ccc(OC)cc1)C(=O)CN(c1ccc(C)cc1)S(=O)(=O)c1ccc(OC)cc1. The third kappa shape index (κ3) is 7.29. The molecule has 1 N–H and O–H groups in total. The number of likely N-dealkylation sites (N-methyl/N-ethyl adjacent to an activating group) is 1. The number of aryl methyl sites for hydroxylation is 1. The molecule has 3 aromatic carbocycles. The van der Waals surface area contributed by atoms with Crippen LogP contribution in [0, 0.1) is 6.92 Å². The Kier molecular flexibility index (Phi) is 9.95. The number of amides is 2. The van der Waals surface area contributed by atoms with Crippen molar-refractivity contribution in [3.63, 3.8) is 0 Å². The van der Waals surface area contributed by atoms with Gasteiger partial charge in [-0.05, 0) is 74.9 Å². The number of carbonyl (C=O) groups excluding carboxylic acids is 2. The zero-order chi connectivity index (χ0) is 28.6. The highest BCUT2D eigenvalue weighted by atomic mass is 32.2. The van der Waals surface area contributed by atoms with Crippen LogP contribution in [0.25, 0.3) is 0 Å². The van der Waals surface area contributed by atoms with Gasteiger partial charge in [-0.3, -0.25) is 13.9 Å². The molecule has 10 heteroatoms. The molecule has 0 fully saturated rings. The number of carbonyl (C=O) groups is 2. The van der Waals surface area contributed by atoms with Crippen molar-refractivity contribution in [3.8, 4) is 11.5 Å². The second-order valence-electron chi connectivity index (χ2n) is 8.96. The van der Waals surface area contributed by atoms with E-state index >= 15 is 0 Å². The summed E-state index contributed by atoms with van der Waals surface area (Å²) in [5, 5.41) is 2.75. The summed E-state index contributed by atoms with van der Waals surface area (Å²) < 4.78 is 39.1. The van der Waals surface area contributed by atoms with Crippen molar-refractivity contribution in [2.24, 2.45) is 0 Å². The van der Waals surface area contributed by atoms with Gasteiger partial charge in [-0.1, -0.05) is 29.8 Å². The molecule has 9 nitrogen and oxygen atoms in total. The third-order valence-electron chi connectivity index (χ3n) is 6.28. The van der Waals surface area contributed by atoms with Crippen LogP contribution in [0.15, 0.2) is 77.7 Å². The number of ether oxygens (including phenoxy) is 2. The monoisotopic (exact) mass is 553 g/mol. The highest BCUT2D eigenvalue weighted by Gasteiger charge is 2.32. The number of nitrogens with one attached hydrogen (secondary N) is 1. The molecule has 39 heavy (non-hydrogen) atoms. The molecule has 208 valence electrons. The van der Waals surface area contributed by atoms with E-state index in [-0.39, 0.29) is 17.3 Å². The Hall–Kier alpha value is -4.05. The molecule has 0 unspecified atom stereocenters. The van der Waals surface area contributed by atoms with Crippen LogP contribution in [-0.4, -0.2) is 58.5 Å². The lowest BCUT2D eigenvalue weighted by atomic mass is 10.1. The number of hydrogen-bond donors (Lipinski definition) is 1. The van der Waals surface area contributed by atoms with Gasteiger partial charge in [0.1, 0.15) is 24.1 Å². The van der Waals surface area contributed by atoms with Crippen LogP contribution in [0.4, 0.5) is 5.69 Å². The zero-order valence-electron chi connectivity index (χ0n) is 22.9. The van der Waals surface area contributed by atoms with Crippen LogP contribution in [0.1, 0.15) is 25.0 Å². The van der Waals surface area contributed by atoms with E-state index in [1.54, 1.807) is 81.6 Å². The lowest BCUT2D eigenvalue weighted by molar-refractivity contribution is -0.139. The maximum atomic E-state index is 13.8. The van der Waals surface area contributed by atoms with Crippen molar-refractivity contribution in [3.05, 3.63) is 83.9 Å². The molecule has 0 aliphatic rings. The lowest BCUT2D eigenvalue weighted by Crippen LogP contribution is -2.51. The highest BCUT2D eigenvalue weighted by molar-refractivity contribution is 7.92. The summed E-state index contributed by atoms with van der Waals surface area (Å²) in [6.07, 6.45) is 0. The Balaban J connectivity index is 2.01. The van der Waals surface area contributed by atoms with Crippen LogP contribution in [0.3, 0.4) is 0 Å². The van der Waals surface area contributed by atoms with Gasteiger partial charge in [0.15, 0.2) is 0 Å². The summed E-state index contributed by atoms with van der Waals surface area (Å²) in [4.78, 5) is 28.0.